The molecule has 2 aromatic rings. The molecule has 0 bridgehead atoms. The second kappa shape index (κ2) is 8.12. The lowest BCUT2D eigenvalue weighted by Crippen LogP contribution is -2.20. The molecule has 0 fully saturated rings. The van der Waals surface area contributed by atoms with Crippen molar-refractivity contribution in [1.82, 2.24) is 0 Å². The van der Waals surface area contributed by atoms with Gasteiger partial charge in [-0.05, 0) is 42.2 Å². The maximum absolute atomic E-state index is 13.1. The van der Waals surface area contributed by atoms with E-state index in [9.17, 15) is 31.1 Å². The molecule has 146 valence electrons. The Labute approximate surface area is 155 Å². The predicted octanol–water partition coefficient (Wildman–Crippen LogP) is 6.48. The Balaban J connectivity index is 2.16. The molecule has 0 unspecified atom stereocenters. The summed E-state index contributed by atoms with van der Waals surface area (Å²) in [5, 5.41) is 4.35. The summed E-state index contributed by atoms with van der Waals surface area (Å²) < 4.78 is 77.4. The van der Waals surface area contributed by atoms with Gasteiger partial charge in [-0.25, -0.2) is 4.79 Å². The quantitative estimate of drug-likeness (QED) is 0.449. The van der Waals surface area contributed by atoms with Crippen molar-refractivity contribution in [1.29, 1.82) is 0 Å². The monoisotopic (exact) mass is 408 g/mol. The van der Waals surface area contributed by atoms with Crippen molar-refractivity contribution in [3.05, 3.63) is 53.6 Å². The van der Waals surface area contributed by atoms with E-state index in [1.165, 1.54) is 18.2 Å². The standard InChI is InChI=1S/C17H14F6N2OS/c1-2-27-14-7-6-12(9-13(14)17(21,22)23)25-15(26)24-11-5-3-4-10(8-11)16(18,19)20/h3-9H,2H2,1H3,(H2,24,25,26). The fraction of sp³-hybridized carbons (Fsp3) is 0.235. The first-order valence-electron chi connectivity index (χ1n) is 7.60. The van der Waals surface area contributed by atoms with Gasteiger partial charge in [0.15, 0.2) is 0 Å². The van der Waals surface area contributed by atoms with Gasteiger partial charge >= 0.3 is 18.4 Å². The van der Waals surface area contributed by atoms with Gasteiger partial charge in [-0.1, -0.05) is 13.0 Å². The number of carbonyl (C=O) groups excluding carboxylic acids is 1. The summed E-state index contributed by atoms with van der Waals surface area (Å²) in [4.78, 5) is 11.9. The zero-order chi connectivity index (χ0) is 20.2. The topological polar surface area (TPSA) is 41.1 Å². The minimum Gasteiger partial charge on any atom is -0.308 e. The molecule has 2 aromatic carbocycles. The predicted molar refractivity (Wildman–Crippen MR) is 91.9 cm³/mol. The van der Waals surface area contributed by atoms with Crippen LogP contribution < -0.4 is 10.6 Å². The molecule has 0 radical (unpaired) electrons. The summed E-state index contributed by atoms with van der Waals surface area (Å²) in [6.07, 6.45) is -9.19. The van der Waals surface area contributed by atoms with Crippen LogP contribution in [0.3, 0.4) is 0 Å². The third kappa shape index (κ3) is 5.81. The Bertz CT molecular complexity index is 820. The average molecular weight is 408 g/mol. The van der Waals surface area contributed by atoms with Crippen molar-refractivity contribution >= 4 is 29.2 Å². The molecule has 3 nitrogen and oxygen atoms in total. The first-order chi connectivity index (χ1) is 12.5. The van der Waals surface area contributed by atoms with Gasteiger partial charge in [-0.15, -0.1) is 11.8 Å². The Kier molecular flexibility index (Phi) is 6.30. The summed E-state index contributed by atoms with van der Waals surface area (Å²) in [7, 11) is 0. The van der Waals surface area contributed by atoms with E-state index < -0.39 is 29.5 Å². The largest absolute Gasteiger partial charge is 0.417 e. The Hall–Kier alpha value is -2.36. The molecule has 2 amide bonds. The molecule has 0 saturated heterocycles. The third-order valence-corrected chi connectivity index (χ3v) is 4.25. The van der Waals surface area contributed by atoms with E-state index in [1.54, 1.807) is 6.92 Å². The molecular formula is C17H14F6N2OS. The van der Waals surface area contributed by atoms with Crippen LogP contribution in [0.1, 0.15) is 18.1 Å². The van der Waals surface area contributed by atoms with Gasteiger partial charge in [0.1, 0.15) is 0 Å². The zero-order valence-electron chi connectivity index (χ0n) is 13.8. The van der Waals surface area contributed by atoms with Crippen molar-refractivity contribution < 1.29 is 31.1 Å². The zero-order valence-corrected chi connectivity index (χ0v) is 14.6. The number of urea groups is 1. The van der Waals surface area contributed by atoms with Crippen LogP contribution >= 0.6 is 11.8 Å². The van der Waals surface area contributed by atoms with E-state index in [1.807, 2.05) is 0 Å². The number of hydrogen-bond acceptors (Lipinski definition) is 2. The first-order valence-corrected chi connectivity index (χ1v) is 8.58. The second-order valence-corrected chi connectivity index (χ2v) is 6.61. The highest BCUT2D eigenvalue weighted by Crippen LogP contribution is 2.38. The van der Waals surface area contributed by atoms with E-state index in [0.717, 1.165) is 36.0 Å². The smallest absolute Gasteiger partial charge is 0.308 e. The van der Waals surface area contributed by atoms with Crippen molar-refractivity contribution in [3.8, 4) is 0 Å². The van der Waals surface area contributed by atoms with Crippen molar-refractivity contribution in [2.24, 2.45) is 0 Å². The number of amides is 2. The maximum Gasteiger partial charge on any atom is 0.417 e. The van der Waals surface area contributed by atoms with Crippen molar-refractivity contribution in [3.63, 3.8) is 0 Å². The van der Waals surface area contributed by atoms with Crippen LogP contribution in [0.5, 0.6) is 0 Å². The lowest BCUT2D eigenvalue weighted by Gasteiger charge is -2.15. The number of alkyl halides is 6. The molecular weight excluding hydrogens is 394 g/mol. The Morgan fingerprint density at radius 1 is 0.926 bits per heavy atom. The molecule has 0 saturated carbocycles. The van der Waals surface area contributed by atoms with Gasteiger partial charge in [-0.2, -0.15) is 26.3 Å². The highest BCUT2D eigenvalue weighted by molar-refractivity contribution is 7.99. The van der Waals surface area contributed by atoms with Gasteiger partial charge < -0.3 is 10.6 Å². The first kappa shape index (κ1) is 20.9. The summed E-state index contributed by atoms with van der Waals surface area (Å²) >= 11 is 1.01. The van der Waals surface area contributed by atoms with Crippen LogP contribution in [0.15, 0.2) is 47.4 Å². The summed E-state index contributed by atoms with van der Waals surface area (Å²) in [5.41, 5.74) is -2.13. The summed E-state index contributed by atoms with van der Waals surface area (Å²) in [6, 6.07) is 6.25. The number of carbonyl (C=O) groups is 1. The minimum atomic E-state index is -4.60. The van der Waals surface area contributed by atoms with Gasteiger partial charge in [0.05, 0.1) is 11.1 Å². The van der Waals surface area contributed by atoms with Crippen LogP contribution in [0.4, 0.5) is 42.5 Å². The Morgan fingerprint density at radius 3 is 2.11 bits per heavy atom. The van der Waals surface area contributed by atoms with Gasteiger partial charge in [0, 0.05) is 16.3 Å². The molecule has 27 heavy (non-hydrogen) atoms. The van der Waals surface area contributed by atoms with Crippen LogP contribution in [-0.4, -0.2) is 11.8 Å². The van der Waals surface area contributed by atoms with Crippen molar-refractivity contribution in [2.75, 3.05) is 16.4 Å². The SMILES string of the molecule is CCSc1ccc(NC(=O)Nc2cccc(C(F)(F)F)c2)cc1C(F)(F)F. The lowest BCUT2D eigenvalue weighted by molar-refractivity contribution is -0.140. The van der Waals surface area contributed by atoms with Crippen LogP contribution in [0, 0.1) is 0 Å². The molecule has 0 atom stereocenters. The van der Waals surface area contributed by atoms with Gasteiger partial charge in [0.2, 0.25) is 0 Å². The molecule has 2 N–H and O–H groups in total. The van der Waals surface area contributed by atoms with Crippen LogP contribution in [-0.2, 0) is 12.4 Å². The van der Waals surface area contributed by atoms with Gasteiger partial charge in [0.25, 0.3) is 0 Å². The molecule has 0 spiro atoms. The van der Waals surface area contributed by atoms with Crippen LogP contribution in [0.2, 0.25) is 0 Å². The summed E-state index contributed by atoms with van der Waals surface area (Å²) in [6.45, 7) is 1.71. The molecule has 0 aliphatic carbocycles. The number of anilines is 2. The molecule has 0 aliphatic rings. The minimum absolute atomic E-state index is 0.0221. The summed E-state index contributed by atoms with van der Waals surface area (Å²) in [5.74, 6) is 0.436. The maximum atomic E-state index is 13.1. The molecule has 0 heterocycles. The van der Waals surface area contributed by atoms with Gasteiger partial charge in [-0.3, -0.25) is 0 Å². The van der Waals surface area contributed by atoms with Crippen LogP contribution in [0.25, 0.3) is 0 Å². The highest BCUT2D eigenvalue weighted by Gasteiger charge is 2.34. The molecule has 10 heteroatoms. The molecule has 0 aromatic heterocycles. The normalized spacial score (nSPS) is 12.0. The van der Waals surface area contributed by atoms with E-state index >= 15 is 0 Å². The Morgan fingerprint density at radius 2 is 1.56 bits per heavy atom. The number of nitrogens with one attached hydrogen (secondary N) is 2. The third-order valence-electron chi connectivity index (χ3n) is 3.29. The number of rotatable bonds is 4. The second-order valence-electron chi connectivity index (χ2n) is 5.30. The number of halogens is 6. The van der Waals surface area contributed by atoms with E-state index in [4.69, 9.17) is 0 Å². The fourth-order valence-corrected chi connectivity index (χ4v) is 2.98. The highest BCUT2D eigenvalue weighted by atomic mass is 32.2. The lowest BCUT2D eigenvalue weighted by atomic mass is 10.2. The number of hydrogen-bond donors (Lipinski definition) is 2. The van der Waals surface area contributed by atoms with E-state index in [-0.39, 0.29) is 16.3 Å². The van der Waals surface area contributed by atoms with E-state index in [2.05, 4.69) is 10.6 Å². The average Bonchev–Trinajstić information content (AvgIpc) is 2.55. The number of thioether (sulfide) groups is 1. The number of benzene rings is 2. The van der Waals surface area contributed by atoms with E-state index in [0.29, 0.717) is 5.75 Å². The molecule has 2 rings (SSSR count). The molecule has 0 aliphatic heterocycles. The van der Waals surface area contributed by atoms with Crippen molar-refractivity contribution in [2.45, 2.75) is 24.2 Å². The fourth-order valence-electron chi connectivity index (χ4n) is 2.18.